The Bertz CT molecular complexity index is 551. The molecule has 0 saturated carbocycles. The smallest absolute Gasteiger partial charge is 0.128 e. The van der Waals surface area contributed by atoms with E-state index in [2.05, 4.69) is 10.2 Å². The van der Waals surface area contributed by atoms with Crippen LogP contribution in [0.25, 0.3) is 11.3 Å². The van der Waals surface area contributed by atoms with Gasteiger partial charge in [0.05, 0.1) is 12.8 Å². The fourth-order valence-electron chi connectivity index (χ4n) is 1.95. The highest BCUT2D eigenvalue weighted by Gasteiger charge is 2.14. The lowest BCUT2D eigenvalue weighted by molar-refractivity contribution is 0.416. The number of ether oxygens (including phenoxy) is 1. The van der Waals surface area contributed by atoms with Crippen LogP contribution in [0.4, 0.5) is 0 Å². The van der Waals surface area contributed by atoms with Crippen LogP contribution in [0.1, 0.15) is 11.3 Å². The maximum Gasteiger partial charge on any atom is 0.128 e. The maximum absolute atomic E-state index is 6.03. The lowest BCUT2D eigenvalue weighted by Gasteiger charge is -2.07. The first kappa shape index (κ1) is 12.9. The van der Waals surface area contributed by atoms with E-state index in [4.69, 9.17) is 22.1 Å². The number of halogens is 1. The number of hydrogen-bond acceptors (Lipinski definition) is 3. The average molecular weight is 266 g/mol. The van der Waals surface area contributed by atoms with Gasteiger partial charge in [0.2, 0.25) is 0 Å². The number of aromatic nitrogens is 2. The summed E-state index contributed by atoms with van der Waals surface area (Å²) >= 11 is 6.03. The monoisotopic (exact) mass is 265 g/mol. The Morgan fingerprint density at radius 2 is 2.22 bits per heavy atom. The lowest BCUT2D eigenvalue weighted by atomic mass is 10.0. The molecule has 0 amide bonds. The quantitative estimate of drug-likeness (QED) is 0.893. The van der Waals surface area contributed by atoms with E-state index in [1.165, 1.54) is 0 Å². The van der Waals surface area contributed by atoms with E-state index in [-0.39, 0.29) is 0 Å². The van der Waals surface area contributed by atoms with Gasteiger partial charge >= 0.3 is 0 Å². The summed E-state index contributed by atoms with van der Waals surface area (Å²) in [7, 11) is 1.63. The Labute approximate surface area is 111 Å². The van der Waals surface area contributed by atoms with Crippen LogP contribution in [-0.4, -0.2) is 23.9 Å². The highest BCUT2D eigenvalue weighted by Crippen LogP contribution is 2.33. The van der Waals surface area contributed by atoms with Crippen LogP contribution in [0.3, 0.4) is 0 Å². The van der Waals surface area contributed by atoms with E-state index in [0.29, 0.717) is 11.6 Å². The van der Waals surface area contributed by atoms with Gasteiger partial charge in [-0.2, -0.15) is 5.10 Å². The van der Waals surface area contributed by atoms with E-state index in [9.17, 15) is 0 Å². The lowest BCUT2D eigenvalue weighted by Crippen LogP contribution is -2.03. The molecule has 0 fully saturated rings. The van der Waals surface area contributed by atoms with E-state index in [1.54, 1.807) is 13.2 Å². The number of H-pyrrole nitrogens is 1. The van der Waals surface area contributed by atoms with Gasteiger partial charge in [-0.05, 0) is 37.2 Å². The van der Waals surface area contributed by atoms with Crippen molar-refractivity contribution in [3.8, 4) is 17.0 Å². The van der Waals surface area contributed by atoms with Crippen molar-refractivity contribution in [2.75, 3.05) is 13.7 Å². The molecule has 0 saturated heterocycles. The van der Waals surface area contributed by atoms with Gasteiger partial charge in [-0.3, -0.25) is 5.10 Å². The fourth-order valence-corrected chi connectivity index (χ4v) is 2.12. The van der Waals surface area contributed by atoms with Gasteiger partial charge in [0.15, 0.2) is 0 Å². The highest BCUT2D eigenvalue weighted by atomic mass is 35.5. The summed E-state index contributed by atoms with van der Waals surface area (Å²) in [5, 5.41) is 8.01. The number of rotatable bonds is 4. The molecule has 1 aromatic carbocycles. The van der Waals surface area contributed by atoms with Gasteiger partial charge in [0.1, 0.15) is 5.75 Å². The first-order chi connectivity index (χ1) is 8.67. The molecule has 4 nitrogen and oxygen atoms in total. The first-order valence-corrected chi connectivity index (χ1v) is 6.13. The first-order valence-electron chi connectivity index (χ1n) is 5.75. The summed E-state index contributed by atoms with van der Waals surface area (Å²) in [6.45, 7) is 2.61. The van der Waals surface area contributed by atoms with Crippen molar-refractivity contribution in [2.24, 2.45) is 5.73 Å². The second-order valence-electron chi connectivity index (χ2n) is 4.06. The van der Waals surface area contributed by atoms with Crippen LogP contribution < -0.4 is 10.5 Å². The Balaban J connectivity index is 2.51. The van der Waals surface area contributed by atoms with Gasteiger partial charge < -0.3 is 10.5 Å². The Morgan fingerprint density at radius 3 is 2.89 bits per heavy atom. The molecular weight excluding hydrogens is 250 g/mol. The normalized spacial score (nSPS) is 10.7. The SMILES string of the molecule is COc1ccc(Cl)cc1-c1n[nH]c(CCN)c1C. The van der Waals surface area contributed by atoms with Gasteiger partial charge in [0.25, 0.3) is 0 Å². The number of nitrogens with one attached hydrogen (secondary N) is 1. The molecule has 5 heteroatoms. The Kier molecular flexibility index (Phi) is 3.89. The van der Waals surface area contributed by atoms with Crippen LogP contribution in [0, 0.1) is 6.92 Å². The molecule has 96 valence electrons. The number of benzene rings is 1. The number of hydrogen-bond donors (Lipinski definition) is 2. The van der Waals surface area contributed by atoms with Crippen molar-refractivity contribution in [2.45, 2.75) is 13.3 Å². The molecule has 1 aromatic heterocycles. The standard InChI is InChI=1S/C13H16ClN3O/c1-8-11(5-6-15)16-17-13(8)10-7-9(14)3-4-12(10)18-2/h3-4,7H,5-6,15H2,1-2H3,(H,16,17). The van der Waals surface area contributed by atoms with Crippen LogP contribution in [0.2, 0.25) is 5.02 Å². The third kappa shape index (κ3) is 2.35. The third-order valence-corrected chi connectivity index (χ3v) is 3.16. The zero-order valence-electron chi connectivity index (χ0n) is 10.5. The van der Waals surface area contributed by atoms with E-state index >= 15 is 0 Å². The molecule has 0 bridgehead atoms. The minimum atomic E-state index is 0.592. The fraction of sp³-hybridized carbons (Fsp3) is 0.308. The highest BCUT2D eigenvalue weighted by molar-refractivity contribution is 6.31. The summed E-state index contributed by atoms with van der Waals surface area (Å²) in [5.41, 5.74) is 9.45. The summed E-state index contributed by atoms with van der Waals surface area (Å²) < 4.78 is 5.34. The predicted molar refractivity (Wildman–Crippen MR) is 73.1 cm³/mol. The van der Waals surface area contributed by atoms with Gasteiger partial charge in [0, 0.05) is 22.7 Å². The Hall–Kier alpha value is -1.52. The zero-order valence-corrected chi connectivity index (χ0v) is 11.2. The van der Waals surface area contributed by atoms with Crippen LogP contribution in [0.15, 0.2) is 18.2 Å². The molecule has 1 heterocycles. The van der Waals surface area contributed by atoms with Crippen molar-refractivity contribution in [3.05, 3.63) is 34.5 Å². The average Bonchev–Trinajstić information content (AvgIpc) is 2.72. The second-order valence-corrected chi connectivity index (χ2v) is 4.50. The molecule has 0 aliphatic carbocycles. The molecule has 2 rings (SSSR count). The van der Waals surface area contributed by atoms with Gasteiger partial charge in [-0.15, -0.1) is 0 Å². The van der Waals surface area contributed by atoms with E-state index in [0.717, 1.165) is 34.7 Å². The van der Waals surface area contributed by atoms with Crippen LogP contribution >= 0.6 is 11.6 Å². The predicted octanol–water partition coefficient (Wildman–Crippen LogP) is 2.55. The summed E-state index contributed by atoms with van der Waals surface area (Å²) in [6.07, 6.45) is 0.779. The number of methoxy groups -OCH3 is 1. The van der Waals surface area contributed by atoms with Crippen molar-refractivity contribution in [3.63, 3.8) is 0 Å². The van der Waals surface area contributed by atoms with Gasteiger partial charge in [-0.1, -0.05) is 11.6 Å². The van der Waals surface area contributed by atoms with Crippen molar-refractivity contribution < 1.29 is 4.74 Å². The number of nitrogens with two attached hydrogens (primary N) is 1. The van der Waals surface area contributed by atoms with Crippen molar-refractivity contribution in [1.29, 1.82) is 0 Å². The summed E-state index contributed by atoms with van der Waals surface area (Å²) in [4.78, 5) is 0. The minimum absolute atomic E-state index is 0.592. The molecule has 0 atom stereocenters. The summed E-state index contributed by atoms with van der Waals surface area (Å²) in [6, 6.07) is 5.50. The molecule has 18 heavy (non-hydrogen) atoms. The molecular formula is C13H16ClN3O. The molecule has 3 N–H and O–H groups in total. The zero-order chi connectivity index (χ0) is 13.1. The largest absolute Gasteiger partial charge is 0.496 e. The van der Waals surface area contributed by atoms with E-state index < -0.39 is 0 Å². The third-order valence-electron chi connectivity index (χ3n) is 2.92. The molecule has 0 aliphatic rings. The Morgan fingerprint density at radius 1 is 1.44 bits per heavy atom. The second kappa shape index (κ2) is 5.42. The number of nitrogens with zero attached hydrogens (tertiary/aromatic N) is 1. The number of aromatic amines is 1. The minimum Gasteiger partial charge on any atom is -0.496 e. The molecule has 0 aliphatic heterocycles. The molecule has 0 unspecified atom stereocenters. The van der Waals surface area contributed by atoms with Crippen LogP contribution in [0.5, 0.6) is 5.75 Å². The van der Waals surface area contributed by atoms with Gasteiger partial charge in [-0.25, -0.2) is 0 Å². The van der Waals surface area contributed by atoms with Crippen molar-refractivity contribution in [1.82, 2.24) is 10.2 Å². The molecule has 0 radical (unpaired) electrons. The van der Waals surface area contributed by atoms with Crippen LogP contribution in [-0.2, 0) is 6.42 Å². The topological polar surface area (TPSA) is 63.9 Å². The van der Waals surface area contributed by atoms with E-state index in [1.807, 2.05) is 19.1 Å². The maximum atomic E-state index is 6.03. The van der Waals surface area contributed by atoms with Crippen molar-refractivity contribution >= 4 is 11.6 Å². The summed E-state index contributed by atoms with van der Waals surface area (Å²) in [5.74, 6) is 0.758. The molecule has 2 aromatic rings. The molecule has 0 spiro atoms.